The number of alkyl halides is 2. The highest BCUT2D eigenvalue weighted by molar-refractivity contribution is 5.82. The van der Waals surface area contributed by atoms with Crippen LogP contribution in [0.5, 0.6) is 0 Å². The van der Waals surface area contributed by atoms with Crippen molar-refractivity contribution in [3.63, 3.8) is 0 Å². The number of benzene rings is 2. The molecule has 0 bridgehead atoms. The highest BCUT2D eigenvalue weighted by Gasteiger charge is 2.60. The van der Waals surface area contributed by atoms with Crippen LogP contribution in [0.3, 0.4) is 0 Å². The minimum atomic E-state index is -3.38. The maximum atomic E-state index is 15.0. The van der Waals surface area contributed by atoms with Crippen molar-refractivity contribution in [2.24, 2.45) is 0 Å². The first-order valence-corrected chi connectivity index (χ1v) is 8.13. The van der Waals surface area contributed by atoms with Crippen LogP contribution in [0.4, 0.5) is 13.2 Å². The normalized spacial score (nSPS) is 21.5. The number of fused-ring (bicyclic) bond motifs is 3. The summed E-state index contributed by atoms with van der Waals surface area (Å²) < 4.78 is 44.5. The van der Waals surface area contributed by atoms with Crippen molar-refractivity contribution in [3.05, 3.63) is 65.2 Å². The summed E-state index contributed by atoms with van der Waals surface area (Å²) in [6.45, 7) is 1.68. The van der Waals surface area contributed by atoms with E-state index in [1.807, 2.05) is 6.92 Å². The second-order valence-electron chi connectivity index (χ2n) is 6.86. The molecule has 2 aromatic carbocycles. The zero-order valence-electron chi connectivity index (χ0n) is 13.9. The lowest BCUT2D eigenvalue weighted by Crippen LogP contribution is -2.60. The molecular formula is C19H16F3N2O2+. The fourth-order valence-electron chi connectivity index (χ4n) is 3.77. The van der Waals surface area contributed by atoms with E-state index in [-0.39, 0.29) is 17.9 Å². The number of carboxylic acids is 1. The molecule has 0 amide bonds. The van der Waals surface area contributed by atoms with E-state index in [0.29, 0.717) is 11.0 Å². The second-order valence-corrected chi connectivity index (χ2v) is 6.86. The van der Waals surface area contributed by atoms with E-state index < -0.39 is 29.5 Å². The van der Waals surface area contributed by atoms with Gasteiger partial charge >= 0.3 is 17.7 Å². The van der Waals surface area contributed by atoms with Gasteiger partial charge in [0.1, 0.15) is 17.8 Å². The third kappa shape index (κ3) is 2.30. The zero-order chi connectivity index (χ0) is 18.7. The number of aromatic nitrogens is 2. The van der Waals surface area contributed by atoms with Crippen molar-refractivity contribution in [2.45, 2.75) is 31.2 Å². The minimum absolute atomic E-state index is 0.158. The van der Waals surface area contributed by atoms with Gasteiger partial charge in [0.25, 0.3) is 0 Å². The van der Waals surface area contributed by atoms with Crippen molar-refractivity contribution in [2.75, 3.05) is 0 Å². The molecule has 0 aliphatic carbocycles. The van der Waals surface area contributed by atoms with E-state index in [1.165, 1.54) is 16.7 Å². The molecule has 0 saturated carbocycles. The molecule has 1 unspecified atom stereocenters. The standard InChI is InChI=1S/C19H15F3N2O2/c1-11-2-7-15-14(8-11)23-16-19(21,22)9-18(17(25)26,10-24(15)16)12-3-5-13(20)6-4-12/h2-8H,9-10H2,1H3,(H,25,26)/p+1. The van der Waals surface area contributed by atoms with Gasteiger partial charge in [-0.25, -0.2) is 13.9 Å². The lowest BCUT2D eigenvalue weighted by molar-refractivity contribution is -0.703. The van der Waals surface area contributed by atoms with E-state index in [9.17, 15) is 23.1 Å². The summed E-state index contributed by atoms with van der Waals surface area (Å²) in [6.07, 6.45) is -0.896. The van der Waals surface area contributed by atoms with Crippen LogP contribution in [-0.4, -0.2) is 16.1 Å². The molecule has 2 N–H and O–H groups in total. The number of halogens is 3. The maximum absolute atomic E-state index is 15.0. The van der Waals surface area contributed by atoms with E-state index in [2.05, 4.69) is 4.98 Å². The average molecular weight is 361 g/mol. The number of carboxylic acid groups (broad SMARTS) is 1. The minimum Gasteiger partial charge on any atom is -0.480 e. The van der Waals surface area contributed by atoms with Crippen molar-refractivity contribution in [1.29, 1.82) is 0 Å². The number of nitrogens with one attached hydrogen (secondary N) is 1. The van der Waals surface area contributed by atoms with Gasteiger partial charge in [0, 0.05) is 6.42 Å². The Morgan fingerprint density at radius 2 is 1.88 bits per heavy atom. The first kappa shape index (κ1) is 16.6. The number of nitrogens with zero attached hydrogens (tertiary/aromatic N) is 1. The van der Waals surface area contributed by atoms with Crippen LogP contribution in [0.25, 0.3) is 11.0 Å². The second kappa shape index (κ2) is 5.33. The Kier molecular flexibility index (Phi) is 3.41. The van der Waals surface area contributed by atoms with E-state index >= 15 is 0 Å². The van der Waals surface area contributed by atoms with Gasteiger partial charge < -0.3 is 5.11 Å². The molecule has 7 heteroatoms. The maximum Gasteiger partial charge on any atom is 0.347 e. The van der Waals surface area contributed by atoms with Crippen LogP contribution in [0.1, 0.15) is 23.4 Å². The van der Waals surface area contributed by atoms with Crippen LogP contribution < -0.4 is 4.57 Å². The topological polar surface area (TPSA) is 57.0 Å². The molecule has 2 heterocycles. The number of aromatic amines is 1. The molecule has 0 radical (unpaired) electrons. The van der Waals surface area contributed by atoms with Gasteiger partial charge in [-0.3, -0.25) is 4.79 Å². The molecule has 26 heavy (non-hydrogen) atoms. The fourth-order valence-corrected chi connectivity index (χ4v) is 3.77. The molecule has 3 aromatic rings. The zero-order valence-corrected chi connectivity index (χ0v) is 13.9. The smallest absolute Gasteiger partial charge is 0.347 e. The largest absolute Gasteiger partial charge is 0.480 e. The Morgan fingerprint density at radius 3 is 2.54 bits per heavy atom. The monoisotopic (exact) mass is 361 g/mol. The Balaban J connectivity index is 1.97. The number of imidazole rings is 1. The first-order chi connectivity index (χ1) is 12.2. The molecule has 0 saturated heterocycles. The summed E-state index contributed by atoms with van der Waals surface area (Å²) in [6, 6.07) is 9.96. The highest BCUT2D eigenvalue weighted by atomic mass is 19.3. The molecule has 0 spiro atoms. The molecule has 134 valence electrons. The van der Waals surface area contributed by atoms with E-state index in [4.69, 9.17) is 0 Å². The van der Waals surface area contributed by atoms with Crippen molar-refractivity contribution in [1.82, 2.24) is 4.98 Å². The van der Waals surface area contributed by atoms with Crippen LogP contribution in [0.2, 0.25) is 0 Å². The Labute approximate surface area is 146 Å². The average Bonchev–Trinajstić information content (AvgIpc) is 2.93. The summed E-state index contributed by atoms with van der Waals surface area (Å²) in [5.41, 5.74) is 0.251. The van der Waals surface area contributed by atoms with E-state index in [1.54, 1.807) is 18.2 Å². The number of hydrogen-bond acceptors (Lipinski definition) is 1. The lowest BCUT2D eigenvalue weighted by Gasteiger charge is -2.34. The van der Waals surface area contributed by atoms with E-state index in [0.717, 1.165) is 17.7 Å². The SMILES string of the molecule is Cc1ccc2c(c1)[nH]c1[n+]2CC(C(=O)O)(c2ccc(F)cc2)CC1(F)F. The third-order valence-corrected chi connectivity index (χ3v) is 5.07. The summed E-state index contributed by atoms with van der Waals surface area (Å²) in [5, 5.41) is 9.87. The number of aryl methyl sites for hydroxylation is 1. The highest BCUT2D eigenvalue weighted by Crippen LogP contribution is 2.45. The number of rotatable bonds is 2. The molecule has 4 rings (SSSR count). The Hall–Kier alpha value is -2.83. The molecule has 1 aliphatic heterocycles. The van der Waals surface area contributed by atoms with Crippen LogP contribution in [0.15, 0.2) is 42.5 Å². The molecule has 0 fully saturated rings. The first-order valence-electron chi connectivity index (χ1n) is 8.13. The predicted octanol–water partition coefficient (Wildman–Crippen LogP) is 3.42. The molecule has 1 aromatic heterocycles. The van der Waals surface area contributed by atoms with Crippen molar-refractivity contribution < 1.29 is 27.6 Å². The van der Waals surface area contributed by atoms with Crippen molar-refractivity contribution in [3.8, 4) is 0 Å². The molecule has 4 nitrogen and oxygen atoms in total. The van der Waals surface area contributed by atoms with Gasteiger partial charge in [0.2, 0.25) is 0 Å². The van der Waals surface area contributed by atoms with Gasteiger partial charge in [-0.15, -0.1) is 0 Å². The molecule has 1 atom stereocenters. The number of H-pyrrole nitrogens is 1. The van der Waals surface area contributed by atoms with Gasteiger partial charge in [0.05, 0.1) is 0 Å². The number of hydrogen-bond donors (Lipinski definition) is 2. The summed E-state index contributed by atoms with van der Waals surface area (Å²) in [5.74, 6) is -5.59. The Morgan fingerprint density at radius 1 is 1.19 bits per heavy atom. The van der Waals surface area contributed by atoms with Crippen LogP contribution >= 0.6 is 0 Å². The lowest BCUT2D eigenvalue weighted by atomic mass is 9.73. The van der Waals surface area contributed by atoms with Gasteiger partial charge in [-0.05, 0) is 42.3 Å². The Bertz CT molecular complexity index is 1030. The van der Waals surface area contributed by atoms with Gasteiger partial charge in [0.15, 0.2) is 11.0 Å². The van der Waals surface area contributed by atoms with Gasteiger partial charge in [-0.2, -0.15) is 8.78 Å². The molecular weight excluding hydrogens is 345 g/mol. The molecule has 1 aliphatic rings. The van der Waals surface area contributed by atoms with Crippen LogP contribution in [-0.2, 0) is 22.7 Å². The van der Waals surface area contributed by atoms with Crippen LogP contribution in [0, 0.1) is 12.7 Å². The summed E-state index contributed by atoms with van der Waals surface area (Å²) in [4.78, 5) is 14.9. The van der Waals surface area contributed by atoms with Crippen molar-refractivity contribution >= 4 is 17.0 Å². The number of carbonyl (C=O) groups is 1. The fraction of sp³-hybridized carbons (Fsp3) is 0.263. The summed E-state index contributed by atoms with van der Waals surface area (Å²) >= 11 is 0. The predicted molar refractivity (Wildman–Crippen MR) is 87.5 cm³/mol. The number of aliphatic carboxylic acids is 1. The van der Waals surface area contributed by atoms with Gasteiger partial charge in [-0.1, -0.05) is 18.2 Å². The quantitative estimate of drug-likeness (QED) is 0.687. The summed E-state index contributed by atoms with van der Waals surface area (Å²) in [7, 11) is 0. The third-order valence-electron chi connectivity index (χ3n) is 5.07.